The molecule has 5 nitrogen and oxygen atoms in total. The van der Waals surface area contributed by atoms with Crippen molar-refractivity contribution in [1.82, 2.24) is 4.98 Å². The van der Waals surface area contributed by atoms with E-state index in [1.165, 1.54) is 0 Å². The molecule has 0 amide bonds. The third-order valence-corrected chi connectivity index (χ3v) is 4.45. The fourth-order valence-corrected chi connectivity index (χ4v) is 3.20. The third-order valence-electron chi connectivity index (χ3n) is 4.45. The number of anilines is 4. The van der Waals surface area contributed by atoms with E-state index < -0.39 is 0 Å². The Kier molecular flexibility index (Phi) is 3.35. The van der Waals surface area contributed by atoms with Crippen molar-refractivity contribution in [3.63, 3.8) is 0 Å². The van der Waals surface area contributed by atoms with Crippen LogP contribution in [0.1, 0.15) is 0 Å². The number of fused-ring (bicyclic) bond motifs is 2. The average molecular weight is 329 g/mol. The van der Waals surface area contributed by atoms with Gasteiger partial charge in [-0.25, -0.2) is 4.98 Å². The molecule has 0 saturated heterocycles. The largest absolute Gasteiger partial charge is 0.399 e. The summed E-state index contributed by atoms with van der Waals surface area (Å²) < 4.78 is 0. The highest BCUT2D eigenvalue weighted by Crippen LogP contribution is 2.38. The maximum atomic E-state index is 6.52. The topological polar surface area (TPSA) is 103 Å². The van der Waals surface area contributed by atoms with Gasteiger partial charge in [0.25, 0.3) is 0 Å². The highest BCUT2D eigenvalue weighted by molar-refractivity contribution is 6.13. The van der Waals surface area contributed by atoms with Crippen LogP contribution < -0.4 is 22.5 Å². The van der Waals surface area contributed by atoms with Gasteiger partial charge in [0.2, 0.25) is 0 Å². The van der Waals surface area contributed by atoms with Crippen LogP contribution in [0.15, 0.2) is 54.6 Å². The zero-order valence-electron chi connectivity index (χ0n) is 13.9. The van der Waals surface area contributed by atoms with Crippen molar-refractivity contribution in [3.05, 3.63) is 54.6 Å². The molecule has 1 heterocycles. The maximum Gasteiger partial charge on any atom is 0.0757 e. The molecule has 0 saturated carbocycles. The van der Waals surface area contributed by atoms with Gasteiger partial charge in [0.05, 0.1) is 16.7 Å². The zero-order valence-corrected chi connectivity index (χ0v) is 13.9. The number of nitrogen functional groups attached to an aromatic ring is 3. The van der Waals surface area contributed by atoms with Crippen molar-refractivity contribution in [2.45, 2.75) is 0 Å². The second kappa shape index (κ2) is 5.56. The van der Waals surface area contributed by atoms with Crippen molar-refractivity contribution < 1.29 is 0 Å². The molecule has 3 aromatic carbocycles. The molecular weight excluding hydrogens is 310 g/mol. The molecule has 0 radical (unpaired) electrons. The minimum Gasteiger partial charge on any atom is -0.399 e. The van der Waals surface area contributed by atoms with Crippen LogP contribution in [0.5, 0.6) is 0 Å². The van der Waals surface area contributed by atoms with Gasteiger partial charge in [-0.3, -0.25) is 0 Å². The van der Waals surface area contributed by atoms with Gasteiger partial charge in [0, 0.05) is 34.9 Å². The molecule has 0 bridgehead atoms. The molecule has 4 rings (SSSR count). The molecule has 1 aromatic heterocycles. The molecule has 0 unspecified atom stereocenters. The van der Waals surface area contributed by atoms with Crippen molar-refractivity contribution in [2.24, 2.45) is 0 Å². The van der Waals surface area contributed by atoms with E-state index in [2.05, 4.69) is 5.32 Å². The van der Waals surface area contributed by atoms with Gasteiger partial charge in [-0.1, -0.05) is 12.1 Å². The van der Waals surface area contributed by atoms with Gasteiger partial charge in [0.15, 0.2) is 0 Å². The Hall–Kier alpha value is -3.47. The minimum absolute atomic E-state index is 0.648. The molecule has 5 heteroatoms. The van der Waals surface area contributed by atoms with Crippen LogP contribution in [0, 0.1) is 0 Å². The van der Waals surface area contributed by atoms with Crippen LogP contribution in [0.2, 0.25) is 0 Å². The first kappa shape index (κ1) is 15.1. The maximum absolute atomic E-state index is 6.52. The van der Waals surface area contributed by atoms with Gasteiger partial charge in [0.1, 0.15) is 0 Å². The first-order valence-corrected chi connectivity index (χ1v) is 8.03. The van der Waals surface area contributed by atoms with E-state index in [1.54, 1.807) is 0 Å². The zero-order chi connectivity index (χ0) is 17.6. The second-order valence-corrected chi connectivity index (χ2v) is 6.09. The van der Waals surface area contributed by atoms with E-state index in [4.69, 9.17) is 22.2 Å². The van der Waals surface area contributed by atoms with Gasteiger partial charge in [-0.15, -0.1) is 0 Å². The van der Waals surface area contributed by atoms with Crippen molar-refractivity contribution in [2.75, 3.05) is 29.6 Å². The van der Waals surface area contributed by atoms with Crippen LogP contribution in [0.4, 0.5) is 22.7 Å². The number of nitrogens with one attached hydrogen (secondary N) is 1. The van der Waals surface area contributed by atoms with E-state index in [0.717, 1.165) is 38.6 Å². The quantitative estimate of drug-likeness (QED) is 0.330. The Morgan fingerprint density at radius 1 is 0.800 bits per heavy atom. The normalized spacial score (nSPS) is 11.1. The van der Waals surface area contributed by atoms with Crippen LogP contribution in [0.3, 0.4) is 0 Å². The predicted molar refractivity (Wildman–Crippen MR) is 107 cm³/mol. The van der Waals surface area contributed by atoms with Crippen molar-refractivity contribution >= 4 is 44.6 Å². The van der Waals surface area contributed by atoms with Crippen LogP contribution >= 0.6 is 0 Å². The molecule has 7 N–H and O–H groups in total. The minimum atomic E-state index is 0.648. The first-order valence-electron chi connectivity index (χ1n) is 8.03. The van der Waals surface area contributed by atoms with Gasteiger partial charge in [-0.2, -0.15) is 0 Å². The van der Waals surface area contributed by atoms with Gasteiger partial charge in [-0.05, 0) is 53.6 Å². The first-order chi connectivity index (χ1) is 12.1. The molecule has 0 aliphatic heterocycles. The number of nitrogens with two attached hydrogens (primary N) is 3. The number of nitrogens with zero attached hydrogens (tertiary/aromatic N) is 1. The summed E-state index contributed by atoms with van der Waals surface area (Å²) in [6, 6.07) is 17.5. The smallest absolute Gasteiger partial charge is 0.0757 e. The van der Waals surface area contributed by atoms with Gasteiger partial charge >= 0.3 is 0 Å². The van der Waals surface area contributed by atoms with E-state index in [0.29, 0.717) is 17.1 Å². The fourth-order valence-electron chi connectivity index (χ4n) is 3.20. The monoisotopic (exact) mass is 329 g/mol. The fraction of sp³-hybridized carbons (Fsp3) is 0.0500. The Morgan fingerprint density at radius 2 is 1.52 bits per heavy atom. The Morgan fingerprint density at radius 3 is 2.24 bits per heavy atom. The van der Waals surface area contributed by atoms with E-state index in [1.807, 2.05) is 61.6 Å². The SMILES string of the molecule is CNc1ccc(-c2cc(N)cc3nc4cc(N)ccc4c(N)c23)cc1. The highest BCUT2D eigenvalue weighted by Gasteiger charge is 2.13. The number of aromatic nitrogens is 1. The lowest BCUT2D eigenvalue weighted by molar-refractivity contribution is 1.49. The molecule has 124 valence electrons. The van der Waals surface area contributed by atoms with Crippen molar-refractivity contribution in [3.8, 4) is 11.1 Å². The average Bonchev–Trinajstić information content (AvgIpc) is 2.60. The highest BCUT2D eigenvalue weighted by atomic mass is 14.8. The van der Waals surface area contributed by atoms with E-state index in [-0.39, 0.29) is 0 Å². The molecule has 0 aliphatic rings. The summed E-state index contributed by atoms with van der Waals surface area (Å²) in [4.78, 5) is 4.73. The summed E-state index contributed by atoms with van der Waals surface area (Å²) in [5, 5.41) is 4.92. The molecule has 0 fully saturated rings. The molecule has 0 atom stereocenters. The second-order valence-electron chi connectivity index (χ2n) is 6.09. The summed E-state index contributed by atoms with van der Waals surface area (Å²) in [6.07, 6.45) is 0. The molecular formula is C20H19N5. The number of pyridine rings is 1. The Bertz CT molecular complexity index is 1100. The number of benzene rings is 3. The summed E-state index contributed by atoms with van der Waals surface area (Å²) in [5.74, 6) is 0. The predicted octanol–water partition coefficient (Wildman–Crippen LogP) is 3.84. The summed E-state index contributed by atoms with van der Waals surface area (Å²) in [6.45, 7) is 0. The lowest BCUT2D eigenvalue weighted by Gasteiger charge is -2.13. The molecule has 0 aliphatic carbocycles. The number of rotatable bonds is 2. The Balaban J connectivity index is 2.08. The lowest BCUT2D eigenvalue weighted by atomic mass is 9.96. The third kappa shape index (κ3) is 2.46. The molecule has 25 heavy (non-hydrogen) atoms. The van der Waals surface area contributed by atoms with Crippen molar-refractivity contribution in [1.29, 1.82) is 0 Å². The number of hydrogen-bond acceptors (Lipinski definition) is 5. The van der Waals surface area contributed by atoms with Crippen LogP contribution in [0.25, 0.3) is 32.9 Å². The molecule has 4 aromatic rings. The summed E-state index contributed by atoms with van der Waals surface area (Å²) in [5.41, 5.74) is 25.1. The Labute approximate surface area is 145 Å². The summed E-state index contributed by atoms with van der Waals surface area (Å²) >= 11 is 0. The van der Waals surface area contributed by atoms with E-state index in [9.17, 15) is 0 Å². The molecule has 0 spiro atoms. The van der Waals surface area contributed by atoms with Crippen LogP contribution in [-0.4, -0.2) is 12.0 Å². The number of hydrogen-bond donors (Lipinski definition) is 4. The van der Waals surface area contributed by atoms with Gasteiger partial charge < -0.3 is 22.5 Å². The van der Waals surface area contributed by atoms with E-state index >= 15 is 0 Å². The standard InChI is InChI=1S/C20H19N5/c1-24-14-5-2-11(3-6-14)16-8-13(22)10-18-19(16)20(23)15-7-4-12(21)9-17(15)25-18/h2-10,24H,21-22H2,1H3,(H2,23,25). The summed E-state index contributed by atoms with van der Waals surface area (Å²) in [7, 11) is 1.89. The van der Waals surface area contributed by atoms with Crippen LogP contribution in [-0.2, 0) is 0 Å². The lowest BCUT2D eigenvalue weighted by Crippen LogP contribution is -1.98.